The van der Waals surface area contributed by atoms with Crippen LogP contribution in [0.25, 0.3) is 0 Å². The molecule has 2 aliphatic rings. The number of alkyl halides is 3. The van der Waals surface area contributed by atoms with Gasteiger partial charge in [-0.15, -0.1) is 0 Å². The smallest absolute Gasteiger partial charge is 0.410 e. The molecule has 2 aliphatic heterocycles. The van der Waals surface area contributed by atoms with E-state index in [4.69, 9.17) is 20.4 Å². The Hall–Kier alpha value is -4.15. The van der Waals surface area contributed by atoms with Gasteiger partial charge in [0, 0.05) is 30.5 Å². The molecule has 5 N–H and O–H groups in total. The van der Waals surface area contributed by atoms with Crippen LogP contribution in [0.3, 0.4) is 0 Å². The van der Waals surface area contributed by atoms with E-state index >= 15 is 0 Å². The number of carbonyl (C=O) groups is 4. The van der Waals surface area contributed by atoms with Gasteiger partial charge in [0.1, 0.15) is 11.9 Å². The fraction of sp³-hybridized carbons (Fsp3) is 0.600. The third kappa shape index (κ3) is 7.18. The van der Waals surface area contributed by atoms with E-state index in [9.17, 15) is 32.3 Å². The fourth-order valence-corrected chi connectivity index (χ4v) is 5.12. The van der Waals surface area contributed by atoms with E-state index in [1.165, 1.54) is 0 Å². The fourth-order valence-electron chi connectivity index (χ4n) is 5.12. The van der Waals surface area contributed by atoms with Crippen LogP contribution in [0.1, 0.15) is 75.5 Å². The molecule has 4 rings (SSSR count). The molecule has 232 valence electrons. The maximum Gasteiger partial charge on any atom is 0.410 e. The number of aliphatic hydroxyl groups is 1. The Kier molecular flexibility index (Phi) is 9.54. The first-order valence-corrected chi connectivity index (χ1v) is 13.1. The highest BCUT2D eigenvalue weighted by Gasteiger charge is 2.46. The van der Waals surface area contributed by atoms with E-state index in [-0.39, 0.29) is 24.4 Å². The highest BCUT2D eigenvalue weighted by Crippen LogP contribution is 2.41. The molecule has 2 unspecified atom stereocenters. The minimum absolute atomic E-state index is 0.0689. The van der Waals surface area contributed by atoms with Crippen molar-refractivity contribution in [2.45, 2.75) is 88.8 Å². The van der Waals surface area contributed by atoms with Gasteiger partial charge in [0.2, 0.25) is 5.91 Å². The molecule has 14 nitrogen and oxygen atoms in total. The minimum atomic E-state index is -4.37. The van der Waals surface area contributed by atoms with Crippen molar-refractivity contribution in [2.75, 3.05) is 11.9 Å². The lowest BCUT2D eigenvalue weighted by atomic mass is 9.96. The van der Waals surface area contributed by atoms with Crippen LogP contribution in [-0.4, -0.2) is 93.1 Å². The van der Waals surface area contributed by atoms with Crippen molar-refractivity contribution in [2.24, 2.45) is 0 Å². The molecule has 1 fully saturated rings. The number of anilines is 1. The topological polar surface area (TPSA) is 200 Å². The van der Waals surface area contributed by atoms with E-state index in [2.05, 4.69) is 15.5 Å². The first kappa shape index (κ1) is 32.4. The van der Waals surface area contributed by atoms with Crippen LogP contribution in [-0.2, 0) is 19.2 Å². The summed E-state index contributed by atoms with van der Waals surface area (Å²) in [5, 5.41) is 45.4. The largest absolute Gasteiger partial charge is 0.481 e. The van der Waals surface area contributed by atoms with Crippen LogP contribution in [0.2, 0.25) is 0 Å². The summed E-state index contributed by atoms with van der Waals surface area (Å²) in [6, 6.07) is 0.725. The molecule has 42 heavy (non-hydrogen) atoms. The zero-order valence-electron chi connectivity index (χ0n) is 23.1. The number of carbonyl (C=O) groups excluding carboxylic acids is 1. The highest BCUT2D eigenvalue weighted by molar-refractivity contribution is 5.88. The van der Waals surface area contributed by atoms with Crippen molar-refractivity contribution >= 4 is 29.6 Å². The van der Waals surface area contributed by atoms with Gasteiger partial charge in [0.05, 0.1) is 24.6 Å². The molecule has 0 bridgehead atoms. The Morgan fingerprint density at radius 2 is 1.76 bits per heavy atom. The maximum atomic E-state index is 13.5. The van der Waals surface area contributed by atoms with Gasteiger partial charge in [0.15, 0.2) is 11.6 Å². The number of carboxylic acid groups (broad SMARTS) is 3. The molecule has 1 amide bonds. The highest BCUT2D eigenvalue weighted by atomic mass is 19.4. The van der Waals surface area contributed by atoms with Crippen LogP contribution in [0.4, 0.5) is 19.0 Å². The van der Waals surface area contributed by atoms with Crippen LogP contribution < -0.4 is 5.32 Å². The number of amides is 1. The van der Waals surface area contributed by atoms with E-state index in [1.54, 1.807) is 35.7 Å². The number of fused-ring (bicyclic) bond motifs is 1. The molecule has 4 heterocycles. The lowest BCUT2D eigenvalue weighted by Gasteiger charge is -2.31. The van der Waals surface area contributed by atoms with Crippen LogP contribution in [0, 0.1) is 6.92 Å². The molecule has 4 atom stereocenters. The van der Waals surface area contributed by atoms with Crippen LogP contribution >= 0.6 is 0 Å². The Morgan fingerprint density at radius 1 is 1.14 bits per heavy atom. The number of nitrogens with one attached hydrogen (secondary N) is 1. The van der Waals surface area contributed by atoms with Crippen molar-refractivity contribution in [1.82, 2.24) is 24.5 Å². The van der Waals surface area contributed by atoms with Gasteiger partial charge in [-0.1, -0.05) is 0 Å². The van der Waals surface area contributed by atoms with Gasteiger partial charge < -0.3 is 30.6 Å². The molecular formula is C25H33F3N6O8. The number of aromatic nitrogens is 4. The first-order valence-electron chi connectivity index (χ1n) is 13.1. The number of hydrogen-bond acceptors (Lipinski definition) is 8. The third-order valence-corrected chi connectivity index (χ3v) is 7.15. The van der Waals surface area contributed by atoms with Crippen molar-refractivity contribution in [3.05, 3.63) is 29.7 Å². The second-order valence-electron chi connectivity index (χ2n) is 10.5. The van der Waals surface area contributed by atoms with Crippen LogP contribution in [0.15, 0.2) is 18.3 Å². The van der Waals surface area contributed by atoms with E-state index in [0.717, 1.165) is 16.8 Å². The van der Waals surface area contributed by atoms with Gasteiger partial charge in [-0.2, -0.15) is 23.4 Å². The average Bonchev–Trinajstić information content (AvgIpc) is 3.60. The van der Waals surface area contributed by atoms with Crippen LogP contribution in [0.5, 0.6) is 0 Å². The monoisotopic (exact) mass is 602 g/mol. The summed E-state index contributed by atoms with van der Waals surface area (Å²) in [5.74, 6) is -4.76. The molecule has 17 heteroatoms. The van der Waals surface area contributed by atoms with Gasteiger partial charge >= 0.3 is 24.1 Å². The second-order valence-corrected chi connectivity index (χ2v) is 10.5. The predicted octanol–water partition coefficient (Wildman–Crippen LogP) is 2.37. The zero-order valence-corrected chi connectivity index (χ0v) is 23.1. The number of carboxylic acids is 3. The maximum absolute atomic E-state index is 13.5. The van der Waals surface area contributed by atoms with Crippen molar-refractivity contribution in [1.29, 1.82) is 0 Å². The molecular weight excluding hydrogens is 569 g/mol. The quantitative estimate of drug-likeness (QED) is 0.297. The molecule has 1 saturated heterocycles. The Bertz CT molecular complexity index is 1310. The summed E-state index contributed by atoms with van der Waals surface area (Å²) in [7, 11) is 0. The molecule has 2 aromatic rings. The Labute approximate surface area is 237 Å². The summed E-state index contributed by atoms with van der Waals surface area (Å²) >= 11 is 0. The summed E-state index contributed by atoms with van der Waals surface area (Å²) in [6.45, 7) is 5.96. The lowest BCUT2D eigenvalue weighted by Crippen LogP contribution is -2.42. The number of halogens is 3. The normalized spacial score (nSPS) is 21.0. The SMILES string of the molecule is Cc1ccnn1C(C)C(=O)N1CCCC1c1cc2n(n1)[C@@H](C(F)(F)F)C[C@@H](C)N2.O=C(O)CC(O)(CC(=O)O)C(=O)O. The number of aryl methyl sites for hydroxylation is 1. The van der Waals surface area contributed by atoms with E-state index in [1.807, 2.05) is 13.0 Å². The van der Waals surface area contributed by atoms with Crippen molar-refractivity contribution < 1.29 is 52.8 Å². The average molecular weight is 603 g/mol. The predicted molar refractivity (Wildman–Crippen MR) is 137 cm³/mol. The van der Waals surface area contributed by atoms with Crippen molar-refractivity contribution in [3.63, 3.8) is 0 Å². The Balaban J connectivity index is 0.000000316. The van der Waals surface area contributed by atoms with Gasteiger partial charge in [-0.25, -0.2) is 9.48 Å². The molecule has 0 radical (unpaired) electrons. The number of nitrogens with zero attached hydrogens (tertiary/aromatic N) is 5. The molecule has 0 aromatic carbocycles. The summed E-state index contributed by atoms with van der Waals surface area (Å²) in [4.78, 5) is 45.3. The number of rotatable bonds is 8. The third-order valence-electron chi connectivity index (χ3n) is 7.15. The summed E-state index contributed by atoms with van der Waals surface area (Å²) in [5.41, 5.74) is -1.35. The lowest BCUT2D eigenvalue weighted by molar-refractivity contribution is -0.173. The van der Waals surface area contributed by atoms with Gasteiger partial charge in [-0.05, 0) is 46.1 Å². The number of aliphatic carboxylic acids is 3. The minimum Gasteiger partial charge on any atom is -0.481 e. The first-order chi connectivity index (χ1) is 19.4. The van der Waals surface area contributed by atoms with Gasteiger partial charge in [-0.3, -0.25) is 19.1 Å². The Morgan fingerprint density at radius 3 is 2.26 bits per heavy atom. The number of hydrogen-bond donors (Lipinski definition) is 5. The standard InChI is InChI=1S/C19H25F3N6O.C6H8O7/c1-11-9-16(19(20,21)22)28-17(24-11)10-14(25-28)15-5-4-8-26(15)18(29)13(3)27-12(2)6-7-23-27;7-3(8)1-6(13,5(11)12)2-4(9)10/h6-7,10-11,13,15-16,24H,4-5,8-9H2,1-3H3;13H,1-2H2,(H,7,8)(H,9,10)(H,11,12)/t11-,13?,15?,16-;/m1./s1. The molecule has 2 aromatic heterocycles. The van der Waals surface area contributed by atoms with E-state index in [0.29, 0.717) is 24.5 Å². The number of likely N-dealkylation sites (tertiary alicyclic amines) is 1. The molecule has 0 aliphatic carbocycles. The van der Waals surface area contributed by atoms with Gasteiger partial charge in [0.25, 0.3) is 0 Å². The zero-order chi connectivity index (χ0) is 31.6. The van der Waals surface area contributed by atoms with E-state index < -0.39 is 54.6 Å². The summed E-state index contributed by atoms with van der Waals surface area (Å²) < 4.78 is 43.3. The molecule has 0 spiro atoms. The summed E-state index contributed by atoms with van der Waals surface area (Å²) in [6.07, 6.45) is -3.61. The second kappa shape index (κ2) is 12.4. The van der Waals surface area contributed by atoms with Crippen molar-refractivity contribution in [3.8, 4) is 0 Å². The molecule has 0 saturated carbocycles.